The third-order valence-corrected chi connectivity index (χ3v) is 3.29. The van der Waals surface area contributed by atoms with Crippen LogP contribution in [0.1, 0.15) is 11.3 Å². The van der Waals surface area contributed by atoms with E-state index in [1.807, 2.05) is 25.1 Å². The second-order valence-electron chi connectivity index (χ2n) is 4.68. The van der Waals surface area contributed by atoms with E-state index in [1.165, 1.54) is 6.92 Å². The first kappa shape index (κ1) is 13.5. The number of rotatable bonds is 2. The van der Waals surface area contributed by atoms with Crippen LogP contribution >= 0.6 is 11.6 Å². The van der Waals surface area contributed by atoms with Gasteiger partial charge in [-0.05, 0) is 43.6 Å². The van der Waals surface area contributed by atoms with Gasteiger partial charge in [0.05, 0.1) is 4.92 Å². The Labute approximate surface area is 124 Å². The topological polar surface area (TPSA) is 82.1 Å². The van der Waals surface area contributed by atoms with Crippen LogP contribution in [0.15, 0.2) is 28.7 Å². The Balaban J connectivity index is 2.29. The molecule has 3 aromatic rings. The number of furan rings is 1. The van der Waals surface area contributed by atoms with Crippen molar-refractivity contribution < 1.29 is 9.34 Å². The molecule has 0 saturated heterocycles. The second-order valence-corrected chi connectivity index (χ2v) is 5.02. The molecule has 0 N–H and O–H groups in total. The van der Waals surface area contributed by atoms with Gasteiger partial charge in [0, 0.05) is 5.39 Å². The summed E-state index contributed by atoms with van der Waals surface area (Å²) in [6.45, 7) is 3.47. The van der Waals surface area contributed by atoms with Crippen molar-refractivity contribution in [1.29, 1.82) is 0 Å². The lowest BCUT2D eigenvalue weighted by Gasteiger charge is -2.02. The van der Waals surface area contributed by atoms with Crippen molar-refractivity contribution in [3.63, 3.8) is 0 Å². The number of aromatic nitrogens is 2. The van der Waals surface area contributed by atoms with Gasteiger partial charge in [0.2, 0.25) is 5.28 Å². The largest absolute Gasteiger partial charge is 0.454 e. The lowest BCUT2D eigenvalue weighted by atomic mass is 10.1. The molecule has 2 aromatic heterocycles. The van der Waals surface area contributed by atoms with Crippen molar-refractivity contribution >= 4 is 28.3 Å². The standard InChI is InChI=1S/C14H10ClN3O3/c1-7-3-4-10-9(5-7)6-11(21-10)12-13(18(19)20)8(2)16-14(15)17-12/h3-6H,1-2H3. The first-order valence-electron chi connectivity index (χ1n) is 6.15. The molecule has 0 atom stereocenters. The molecule has 0 aliphatic heterocycles. The maximum absolute atomic E-state index is 11.2. The molecule has 21 heavy (non-hydrogen) atoms. The zero-order valence-corrected chi connectivity index (χ0v) is 12.0. The van der Waals surface area contributed by atoms with Crippen LogP contribution in [0, 0.1) is 24.0 Å². The van der Waals surface area contributed by atoms with E-state index in [0.29, 0.717) is 11.3 Å². The van der Waals surface area contributed by atoms with Crippen molar-refractivity contribution in [2.45, 2.75) is 13.8 Å². The second kappa shape index (κ2) is 4.82. The van der Waals surface area contributed by atoms with Gasteiger partial charge in [-0.3, -0.25) is 10.1 Å². The molecule has 0 amide bonds. The third kappa shape index (κ3) is 2.34. The molecule has 0 saturated carbocycles. The normalized spacial score (nSPS) is 11.0. The molecule has 3 rings (SSSR count). The Morgan fingerprint density at radius 2 is 2.00 bits per heavy atom. The maximum Gasteiger partial charge on any atom is 0.319 e. The Morgan fingerprint density at radius 1 is 1.24 bits per heavy atom. The van der Waals surface area contributed by atoms with E-state index in [0.717, 1.165) is 10.9 Å². The zero-order valence-electron chi connectivity index (χ0n) is 11.3. The summed E-state index contributed by atoms with van der Waals surface area (Å²) >= 11 is 5.81. The summed E-state index contributed by atoms with van der Waals surface area (Å²) in [5, 5.41) is 12.0. The lowest BCUT2D eigenvalue weighted by Crippen LogP contribution is -2.00. The van der Waals surface area contributed by atoms with Gasteiger partial charge >= 0.3 is 5.69 Å². The van der Waals surface area contributed by atoms with E-state index in [-0.39, 0.29) is 22.4 Å². The smallest absolute Gasteiger partial charge is 0.319 e. The molecule has 0 unspecified atom stereocenters. The molecule has 2 heterocycles. The van der Waals surface area contributed by atoms with Crippen molar-refractivity contribution in [3.8, 4) is 11.5 Å². The predicted octanol–water partition coefficient (Wildman–Crippen LogP) is 4.07. The fourth-order valence-electron chi connectivity index (χ4n) is 2.20. The summed E-state index contributed by atoms with van der Waals surface area (Å²) in [5.74, 6) is 0.301. The highest BCUT2D eigenvalue weighted by Crippen LogP contribution is 2.34. The monoisotopic (exact) mass is 303 g/mol. The highest BCUT2D eigenvalue weighted by atomic mass is 35.5. The van der Waals surface area contributed by atoms with Crippen LogP contribution in [-0.2, 0) is 0 Å². The van der Waals surface area contributed by atoms with Gasteiger partial charge in [0.25, 0.3) is 0 Å². The van der Waals surface area contributed by atoms with Crippen LogP contribution in [-0.4, -0.2) is 14.9 Å². The van der Waals surface area contributed by atoms with E-state index in [9.17, 15) is 10.1 Å². The SMILES string of the molecule is Cc1ccc2oc(-c3nc(Cl)nc(C)c3[N+](=O)[O-])cc2c1. The highest BCUT2D eigenvalue weighted by Gasteiger charge is 2.25. The lowest BCUT2D eigenvalue weighted by molar-refractivity contribution is -0.385. The Bertz CT molecular complexity index is 873. The van der Waals surface area contributed by atoms with Crippen LogP contribution < -0.4 is 0 Å². The summed E-state index contributed by atoms with van der Waals surface area (Å²) in [6.07, 6.45) is 0. The minimum atomic E-state index is -0.528. The van der Waals surface area contributed by atoms with E-state index in [4.69, 9.17) is 16.0 Å². The molecule has 0 aliphatic rings. The van der Waals surface area contributed by atoms with Gasteiger partial charge < -0.3 is 4.42 Å². The first-order valence-corrected chi connectivity index (χ1v) is 6.52. The summed E-state index contributed by atoms with van der Waals surface area (Å²) in [6, 6.07) is 7.37. The molecular formula is C14H10ClN3O3. The van der Waals surface area contributed by atoms with Gasteiger partial charge in [-0.25, -0.2) is 9.97 Å². The van der Waals surface area contributed by atoms with Crippen LogP contribution in [0.5, 0.6) is 0 Å². The van der Waals surface area contributed by atoms with Gasteiger partial charge in [-0.15, -0.1) is 0 Å². The number of halogens is 1. The van der Waals surface area contributed by atoms with E-state index in [1.54, 1.807) is 6.07 Å². The quantitative estimate of drug-likeness (QED) is 0.405. The third-order valence-electron chi connectivity index (χ3n) is 3.12. The highest BCUT2D eigenvalue weighted by molar-refractivity contribution is 6.28. The Hall–Kier alpha value is -2.47. The summed E-state index contributed by atoms with van der Waals surface area (Å²) < 4.78 is 5.66. The molecule has 7 heteroatoms. The minimum absolute atomic E-state index is 0.0512. The number of nitro groups is 1. The van der Waals surface area contributed by atoms with E-state index in [2.05, 4.69) is 9.97 Å². The van der Waals surface area contributed by atoms with Crippen LogP contribution in [0.2, 0.25) is 5.28 Å². The number of hydrogen-bond donors (Lipinski definition) is 0. The zero-order chi connectivity index (χ0) is 15.1. The number of aryl methyl sites for hydroxylation is 2. The summed E-state index contributed by atoms with van der Waals surface area (Å²) in [4.78, 5) is 18.5. The van der Waals surface area contributed by atoms with Gasteiger partial charge in [-0.1, -0.05) is 11.6 Å². The van der Waals surface area contributed by atoms with E-state index >= 15 is 0 Å². The van der Waals surface area contributed by atoms with Crippen molar-refractivity contribution in [1.82, 2.24) is 9.97 Å². The molecule has 0 fully saturated rings. The number of fused-ring (bicyclic) bond motifs is 1. The maximum atomic E-state index is 11.2. The molecule has 1 aromatic carbocycles. The molecule has 0 radical (unpaired) electrons. The molecule has 0 aliphatic carbocycles. The first-order chi connectivity index (χ1) is 9.95. The van der Waals surface area contributed by atoms with Gasteiger partial charge in [0.1, 0.15) is 11.3 Å². The van der Waals surface area contributed by atoms with Crippen molar-refractivity contribution in [2.75, 3.05) is 0 Å². The average molecular weight is 304 g/mol. The number of hydrogen-bond acceptors (Lipinski definition) is 5. The minimum Gasteiger partial charge on any atom is -0.454 e. The van der Waals surface area contributed by atoms with Crippen LogP contribution in [0.4, 0.5) is 5.69 Å². The fraction of sp³-hybridized carbons (Fsp3) is 0.143. The summed E-state index contributed by atoms with van der Waals surface area (Å²) in [5.41, 5.74) is 1.80. The molecule has 0 spiro atoms. The van der Waals surface area contributed by atoms with Gasteiger partial charge in [0.15, 0.2) is 11.5 Å². The van der Waals surface area contributed by atoms with Crippen LogP contribution in [0.3, 0.4) is 0 Å². The molecular weight excluding hydrogens is 294 g/mol. The fourth-order valence-corrected chi connectivity index (χ4v) is 2.41. The van der Waals surface area contributed by atoms with E-state index < -0.39 is 4.92 Å². The summed E-state index contributed by atoms with van der Waals surface area (Å²) in [7, 11) is 0. The number of nitrogens with zero attached hydrogens (tertiary/aromatic N) is 3. The molecule has 0 bridgehead atoms. The van der Waals surface area contributed by atoms with Crippen LogP contribution in [0.25, 0.3) is 22.4 Å². The molecule has 106 valence electrons. The Kier molecular flexibility index (Phi) is 3.10. The predicted molar refractivity (Wildman–Crippen MR) is 78.4 cm³/mol. The van der Waals surface area contributed by atoms with Crippen molar-refractivity contribution in [2.24, 2.45) is 0 Å². The van der Waals surface area contributed by atoms with Crippen molar-refractivity contribution in [3.05, 3.63) is 50.9 Å². The number of benzene rings is 1. The Morgan fingerprint density at radius 3 is 2.71 bits per heavy atom. The van der Waals surface area contributed by atoms with Gasteiger partial charge in [-0.2, -0.15) is 0 Å². The molecule has 6 nitrogen and oxygen atoms in total. The average Bonchev–Trinajstić information content (AvgIpc) is 2.79.